The van der Waals surface area contributed by atoms with Crippen molar-refractivity contribution in [3.63, 3.8) is 0 Å². The third-order valence-electron chi connectivity index (χ3n) is 3.20. The van der Waals surface area contributed by atoms with E-state index in [0.29, 0.717) is 11.8 Å². The Morgan fingerprint density at radius 1 is 1.50 bits per heavy atom. The van der Waals surface area contributed by atoms with Gasteiger partial charge in [-0.3, -0.25) is 0 Å². The second-order valence-electron chi connectivity index (χ2n) is 4.58. The number of phenolic OH excluding ortho intramolecular Hbond substituents is 1. The van der Waals surface area contributed by atoms with E-state index in [0.717, 1.165) is 19.3 Å². The van der Waals surface area contributed by atoms with Gasteiger partial charge in [0.2, 0.25) is 0 Å². The number of aliphatic hydroxyl groups excluding tert-OH is 1. The number of benzene rings is 1. The largest absolute Gasteiger partial charge is 0.508 e. The van der Waals surface area contributed by atoms with Crippen molar-refractivity contribution in [2.45, 2.75) is 38.3 Å². The Morgan fingerprint density at radius 3 is 3.06 bits per heavy atom. The molecular weight excluding hydrogens is 202 g/mol. The minimum Gasteiger partial charge on any atom is -0.508 e. The Hall–Kier alpha value is -1.06. The molecule has 0 saturated heterocycles. The first kappa shape index (κ1) is 11.4. The number of hydrogen-bond donors (Lipinski definition) is 3. The van der Waals surface area contributed by atoms with Crippen LogP contribution in [0.5, 0.6) is 5.75 Å². The summed E-state index contributed by atoms with van der Waals surface area (Å²) in [4.78, 5) is 0. The Morgan fingerprint density at radius 2 is 2.31 bits per heavy atom. The Labute approximate surface area is 96.1 Å². The summed E-state index contributed by atoms with van der Waals surface area (Å²) in [6, 6.07) is 6.01. The first-order chi connectivity index (χ1) is 7.70. The fourth-order valence-electron chi connectivity index (χ4n) is 2.37. The van der Waals surface area contributed by atoms with Gasteiger partial charge in [0.25, 0.3) is 0 Å². The highest BCUT2D eigenvalue weighted by molar-refractivity contribution is 5.38. The summed E-state index contributed by atoms with van der Waals surface area (Å²) >= 11 is 0. The van der Waals surface area contributed by atoms with Crippen LogP contribution in [-0.2, 0) is 6.42 Å². The predicted octanol–water partition coefficient (Wildman–Crippen LogP) is 1.74. The van der Waals surface area contributed by atoms with Crippen molar-refractivity contribution in [2.75, 3.05) is 6.61 Å². The molecule has 0 bridgehead atoms. The molecule has 88 valence electrons. The minimum atomic E-state index is 0.116. The van der Waals surface area contributed by atoms with E-state index in [2.05, 4.69) is 5.32 Å². The molecule has 0 aromatic heterocycles. The van der Waals surface area contributed by atoms with Crippen LogP contribution in [-0.4, -0.2) is 22.9 Å². The smallest absolute Gasteiger partial charge is 0.115 e. The molecule has 2 atom stereocenters. The minimum absolute atomic E-state index is 0.116. The zero-order chi connectivity index (χ0) is 11.5. The van der Waals surface area contributed by atoms with Gasteiger partial charge < -0.3 is 15.5 Å². The van der Waals surface area contributed by atoms with Gasteiger partial charge in [-0.05, 0) is 49.4 Å². The number of nitrogens with one attached hydrogen (secondary N) is 1. The second kappa shape index (κ2) is 4.85. The molecule has 0 aliphatic heterocycles. The van der Waals surface area contributed by atoms with Crippen molar-refractivity contribution in [3.8, 4) is 5.75 Å². The number of fused-ring (bicyclic) bond motifs is 1. The fourth-order valence-corrected chi connectivity index (χ4v) is 2.37. The summed E-state index contributed by atoms with van der Waals surface area (Å²) in [5.41, 5.74) is 2.50. The average Bonchev–Trinajstić information content (AvgIpc) is 2.28. The molecule has 0 spiro atoms. The standard InChI is InChI=1S/C13H19NO2/c1-9(8-15)14-13-4-2-3-10-7-11(16)5-6-12(10)13/h5-7,9,13-16H,2-4,8H2,1H3/t9-,13?/m1/s1. The van der Waals surface area contributed by atoms with Crippen LogP contribution in [0, 0.1) is 0 Å². The summed E-state index contributed by atoms with van der Waals surface area (Å²) in [5, 5.41) is 21.9. The van der Waals surface area contributed by atoms with E-state index in [1.165, 1.54) is 11.1 Å². The number of aryl methyl sites for hydroxylation is 1. The second-order valence-corrected chi connectivity index (χ2v) is 4.58. The van der Waals surface area contributed by atoms with E-state index in [1.807, 2.05) is 19.1 Å². The maximum Gasteiger partial charge on any atom is 0.115 e. The number of aromatic hydroxyl groups is 1. The summed E-state index contributed by atoms with van der Waals surface area (Å²) in [6.07, 6.45) is 3.27. The van der Waals surface area contributed by atoms with Crippen molar-refractivity contribution >= 4 is 0 Å². The number of phenols is 1. The Bertz CT molecular complexity index is 365. The van der Waals surface area contributed by atoms with Crippen LogP contribution < -0.4 is 5.32 Å². The number of aliphatic hydroxyl groups is 1. The number of hydrogen-bond acceptors (Lipinski definition) is 3. The normalized spacial score (nSPS) is 21.5. The van der Waals surface area contributed by atoms with E-state index in [1.54, 1.807) is 6.07 Å². The molecular formula is C13H19NO2. The van der Waals surface area contributed by atoms with Gasteiger partial charge in [-0.25, -0.2) is 0 Å². The van der Waals surface area contributed by atoms with Crippen molar-refractivity contribution in [1.82, 2.24) is 5.32 Å². The van der Waals surface area contributed by atoms with Gasteiger partial charge in [0.1, 0.15) is 5.75 Å². The molecule has 1 unspecified atom stereocenters. The van der Waals surface area contributed by atoms with Gasteiger partial charge in [-0.2, -0.15) is 0 Å². The average molecular weight is 221 g/mol. The van der Waals surface area contributed by atoms with E-state index < -0.39 is 0 Å². The van der Waals surface area contributed by atoms with Crippen LogP contribution in [0.2, 0.25) is 0 Å². The van der Waals surface area contributed by atoms with Gasteiger partial charge in [0.05, 0.1) is 6.61 Å². The van der Waals surface area contributed by atoms with E-state index in [-0.39, 0.29) is 12.6 Å². The maximum absolute atomic E-state index is 9.44. The zero-order valence-corrected chi connectivity index (χ0v) is 9.61. The Balaban J connectivity index is 2.19. The van der Waals surface area contributed by atoms with Crippen LogP contribution in [0.1, 0.15) is 36.9 Å². The molecule has 0 heterocycles. The van der Waals surface area contributed by atoms with Gasteiger partial charge in [-0.15, -0.1) is 0 Å². The van der Waals surface area contributed by atoms with E-state index in [4.69, 9.17) is 5.11 Å². The maximum atomic E-state index is 9.44. The van der Waals surface area contributed by atoms with Crippen LogP contribution in [0.3, 0.4) is 0 Å². The molecule has 0 amide bonds. The molecule has 16 heavy (non-hydrogen) atoms. The SMILES string of the molecule is C[C@H](CO)NC1CCCc2cc(O)ccc21. The quantitative estimate of drug-likeness (QED) is 0.728. The molecule has 2 rings (SSSR count). The predicted molar refractivity (Wildman–Crippen MR) is 63.5 cm³/mol. The summed E-state index contributed by atoms with van der Waals surface area (Å²) in [7, 11) is 0. The highest BCUT2D eigenvalue weighted by Crippen LogP contribution is 2.32. The van der Waals surface area contributed by atoms with Gasteiger partial charge >= 0.3 is 0 Å². The molecule has 3 N–H and O–H groups in total. The van der Waals surface area contributed by atoms with Crippen LogP contribution in [0.25, 0.3) is 0 Å². The molecule has 1 aromatic carbocycles. The lowest BCUT2D eigenvalue weighted by molar-refractivity contribution is 0.236. The summed E-state index contributed by atoms with van der Waals surface area (Å²) < 4.78 is 0. The zero-order valence-electron chi connectivity index (χ0n) is 9.61. The van der Waals surface area contributed by atoms with Crippen molar-refractivity contribution in [3.05, 3.63) is 29.3 Å². The lowest BCUT2D eigenvalue weighted by Crippen LogP contribution is -2.34. The van der Waals surface area contributed by atoms with Crippen LogP contribution >= 0.6 is 0 Å². The fraction of sp³-hybridized carbons (Fsp3) is 0.538. The first-order valence-electron chi connectivity index (χ1n) is 5.89. The van der Waals surface area contributed by atoms with Crippen LogP contribution in [0.15, 0.2) is 18.2 Å². The van der Waals surface area contributed by atoms with Crippen molar-refractivity contribution in [2.24, 2.45) is 0 Å². The first-order valence-corrected chi connectivity index (χ1v) is 5.89. The third-order valence-corrected chi connectivity index (χ3v) is 3.20. The van der Waals surface area contributed by atoms with E-state index in [9.17, 15) is 5.11 Å². The molecule has 0 fully saturated rings. The molecule has 1 aliphatic rings. The van der Waals surface area contributed by atoms with E-state index >= 15 is 0 Å². The van der Waals surface area contributed by atoms with Gasteiger partial charge in [-0.1, -0.05) is 6.07 Å². The lowest BCUT2D eigenvalue weighted by atomic mass is 9.87. The third kappa shape index (κ3) is 2.36. The van der Waals surface area contributed by atoms with Crippen molar-refractivity contribution in [1.29, 1.82) is 0 Å². The summed E-state index contributed by atoms with van der Waals surface area (Å²) in [5.74, 6) is 0.342. The molecule has 0 saturated carbocycles. The molecule has 1 aliphatic carbocycles. The highest BCUT2D eigenvalue weighted by Gasteiger charge is 2.21. The lowest BCUT2D eigenvalue weighted by Gasteiger charge is -2.28. The molecule has 0 radical (unpaired) electrons. The molecule has 3 heteroatoms. The van der Waals surface area contributed by atoms with Crippen molar-refractivity contribution < 1.29 is 10.2 Å². The number of rotatable bonds is 3. The van der Waals surface area contributed by atoms with Crippen LogP contribution in [0.4, 0.5) is 0 Å². The highest BCUT2D eigenvalue weighted by atomic mass is 16.3. The Kier molecular flexibility index (Phi) is 3.46. The molecule has 1 aromatic rings. The summed E-state index contributed by atoms with van der Waals surface area (Å²) in [6.45, 7) is 2.14. The van der Waals surface area contributed by atoms with Gasteiger partial charge in [0.15, 0.2) is 0 Å². The van der Waals surface area contributed by atoms with Gasteiger partial charge in [0, 0.05) is 12.1 Å². The monoisotopic (exact) mass is 221 g/mol. The molecule has 3 nitrogen and oxygen atoms in total. The topological polar surface area (TPSA) is 52.5 Å².